The van der Waals surface area contributed by atoms with Crippen molar-refractivity contribution in [3.05, 3.63) is 0 Å². The molecule has 0 amide bonds. The van der Waals surface area contributed by atoms with Gasteiger partial charge >= 0.3 is 0 Å². The Morgan fingerprint density at radius 3 is 2.04 bits per heavy atom. The van der Waals surface area contributed by atoms with Crippen LogP contribution in [0.2, 0.25) is 0 Å². The molecule has 2 aliphatic rings. The van der Waals surface area contributed by atoms with Crippen LogP contribution >= 0.6 is 0 Å². The van der Waals surface area contributed by atoms with E-state index in [1.807, 2.05) is 0 Å². The number of hydrogen-bond acceptors (Lipinski definition) is 0. The van der Waals surface area contributed by atoms with Crippen LogP contribution in [0, 0.1) is 35.5 Å². The monoisotopic (exact) mass is 370 g/mol. The summed E-state index contributed by atoms with van der Waals surface area (Å²) in [6.45, 7) is 6.56. The van der Waals surface area contributed by atoms with Gasteiger partial charge in [-0.25, -0.2) is 4.39 Å². The standard InChI is InChI=1S/C24H44F2/c1-4-6-19(5-2)21(15-16-25)13-14-24(26)22-11-9-20(10-12-22)23-8-7-18(3)17-23/h18-24H,4-17H2,1-3H3. The number of alkyl halides is 2. The second kappa shape index (κ2) is 11.6. The summed E-state index contributed by atoms with van der Waals surface area (Å²) in [6, 6.07) is 0. The van der Waals surface area contributed by atoms with Gasteiger partial charge in [0.1, 0.15) is 6.17 Å². The molecule has 2 rings (SSSR count). The highest BCUT2D eigenvalue weighted by atomic mass is 19.1. The molecule has 0 nitrogen and oxygen atoms in total. The maximum Gasteiger partial charge on any atom is 0.103 e. The molecular weight excluding hydrogens is 326 g/mol. The molecule has 5 unspecified atom stereocenters. The predicted octanol–water partition coefficient (Wildman–Crippen LogP) is 8.15. The van der Waals surface area contributed by atoms with Crippen molar-refractivity contribution in [1.29, 1.82) is 0 Å². The Balaban J connectivity index is 1.74. The van der Waals surface area contributed by atoms with Gasteiger partial charge in [0.2, 0.25) is 0 Å². The molecule has 0 aromatic carbocycles. The summed E-state index contributed by atoms with van der Waals surface area (Å²) < 4.78 is 27.9. The van der Waals surface area contributed by atoms with Crippen molar-refractivity contribution in [3.8, 4) is 0 Å². The van der Waals surface area contributed by atoms with Crippen LogP contribution in [0.4, 0.5) is 8.78 Å². The van der Waals surface area contributed by atoms with Gasteiger partial charge in [-0.05, 0) is 93.3 Å². The van der Waals surface area contributed by atoms with E-state index in [1.165, 1.54) is 38.5 Å². The molecule has 0 bridgehead atoms. The normalized spacial score (nSPS) is 33.1. The lowest BCUT2D eigenvalue weighted by Gasteiger charge is -2.34. The molecular formula is C24H44F2. The molecule has 0 aliphatic heterocycles. The molecule has 0 aromatic heterocycles. The fourth-order valence-corrected chi connectivity index (χ4v) is 6.17. The van der Waals surface area contributed by atoms with Crippen molar-refractivity contribution < 1.29 is 8.78 Å². The minimum absolute atomic E-state index is 0.243. The van der Waals surface area contributed by atoms with Crippen molar-refractivity contribution >= 4 is 0 Å². The van der Waals surface area contributed by atoms with Crippen LogP contribution in [0.3, 0.4) is 0 Å². The Morgan fingerprint density at radius 2 is 1.50 bits per heavy atom. The maximum absolute atomic E-state index is 14.9. The fraction of sp³-hybridized carbons (Fsp3) is 1.00. The van der Waals surface area contributed by atoms with Gasteiger partial charge in [0.15, 0.2) is 0 Å². The van der Waals surface area contributed by atoms with Gasteiger partial charge in [0, 0.05) is 0 Å². The molecule has 0 N–H and O–H groups in total. The van der Waals surface area contributed by atoms with Gasteiger partial charge in [-0.15, -0.1) is 0 Å². The Bertz CT molecular complexity index is 361. The Kier molecular flexibility index (Phi) is 9.92. The van der Waals surface area contributed by atoms with E-state index in [2.05, 4.69) is 20.8 Å². The average Bonchev–Trinajstić information content (AvgIpc) is 3.09. The van der Waals surface area contributed by atoms with Crippen LogP contribution in [-0.4, -0.2) is 12.8 Å². The second-order valence-electron chi connectivity index (χ2n) is 9.64. The molecule has 0 saturated heterocycles. The minimum Gasteiger partial charge on any atom is -0.251 e. The van der Waals surface area contributed by atoms with Crippen molar-refractivity contribution in [3.63, 3.8) is 0 Å². The van der Waals surface area contributed by atoms with E-state index in [4.69, 9.17) is 0 Å². The van der Waals surface area contributed by atoms with E-state index in [0.717, 1.165) is 49.9 Å². The SMILES string of the molecule is CCCC(CC)C(CCF)CCC(F)C1CCC(C2CCC(C)C2)CC1. The summed E-state index contributed by atoms with van der Waals surface area (Å²) in [4.78, 5) is 0. The molecule has 0 radical (unpaired) electrons. The molecule has 2 saturated carbocycles. The van der Waals surface area contributed by atoms with E-state index < -0.39 is 6.17 Å². The first kappa shape index (κ1) is 22.2. The molecule has 2 fully saturated rings. The fourth-order valence-electron chi connectivity index (χ4n) is 6.17. The molecule has 154 valence electrons. The second-order valence-corrected chi connectivity index (χ2v) is 9.64. The van der Waals surface area contributed by atoms with Gasteiger partial charge < -0.3 is 0 Å². The predicted molar refractivity (Wildman–Crippen MR) is 109 cm³/mol. The molecule has 0 aromatic rings. The molecule has 26 heavy (non-hydrogen) atoms. The molecule has 2 heteroatoms. The summed E-state index contributed by atoms with van der Waals surface area (Å²) >= 11 is 0. The summed E-state index contributed by atoms with van der Waals surface area (Å²) in [5, 5.41) is 0. The number of halogens is 2. The first-order valence-electron chi connectivity index (χ1n) is 11.8. The van der Waals surface area contributed by atoms with E-state index in [9.17, 15) is 8.78 Å². The van der Waals surface area contributed by atoms with Crippen LogP contribution in [-0.2, 0) is 0 Å². The summed E-state index contributed by atoms with van der Waals surface area (Å²) in [7, 11) is 0. The molecule has 0 heterocycles. The zero-order valence-electron chi connectivity index (χ0n) is 17.7. The highest BCUT2D eigenvalue weighted by Crippen LogP contribution is 2.44. The molecule has 0 spiro atoms. The van der Waals surface area contributed by atoms with Crippen LogP contribution < -0.4 is 0 Å². The van der Waals surface area contributed by atoms with E-state index in [1.54, 1.807) is 0 Å². The minimum atomic E-state index is -0.653. The zero-order chi connectivity index (χ0) is 18.9. The average molecular weight is 371 g/mol. The van der Waals surface area contributed by atoms with Gasteiger partial charge in [0.25, 0.3) is 0 Å². The van der Waals surface area contributed by atoms with Crippen molar-refractivity contribution in [2.24, 2.45) is 35.5 Å². The topological polar surface area (TPSA) is 0 Å². The van der Waals surface area contributed by atoms with Crippen LogP contribution in [0.1, 0.15) is 104 Å². The Labute approximate surface area is 161 Å². The van der Waals surface area contributed by atoms with Gasteiger partial charge in [-0.2, -0.15) is 0 Å². The van der Waals surface area contributed by atoms with Gasteiger partial charge in [-0.1, -0.05) is 46.5 Å². The smallest absolute Gasteiger partial charge is 0.103 e. The lowest BCUT2D eigenvalue weighted by molar-refractivity contribution is 0.114. The highest BCUT2D eigenvalue weighted by Gasteiger charge is 2.34. The van der Waals surface area contributed by atoms with Crippen LogP contribution in [0.5, 0.6) is 0 Å². The highest BCUT2D eigenvalue weighted by molar-refractivity contribution is 4.85. The Hall–Kier alpha value is -0.140. The van der Waals surface area contributed by atoms with E-state index in [0.29, 0.717) is 24.7 Å². The third-order valence-corrected chi connectivity index (χ3v) is 7.87. The quantitative estimate of drug-likeness (QED) is 0.344. The summed E-state index contributed by atoms with van der Waals surface area (Å²) in [5.41, 5.74) is 0. The number of rotatable bonds is 11. The van der Waals surface area contributed by atoms with E-state index in [-0.39, 0.29) is 12.6 Å². The molecule has 2 aliphatic carbocycles. The van der Waals surface area contributed by atoms with Crippen LogP contribution in [0.15, 0.2) is 0 Å². The zero-order valence-corrected chi connectivity index (χ0v) is 17.7. The van der Waals surface area contributed by atoms with Crippen molar-refractivity contribution in [1.82, 2.24) is 0 Å². The third kappa shape index (κ3) is 6.48. The van der Waals surface area contributed by atoms with Gasteiger partial charge in [0.05, 0.1) is 6.67 Å². The van der Waals surface area contributed by atoms with Gasteiger partial charge in [-0.3, -0.25) is 4.39 Å². The molecule has 5 atom stereocenters. The Morgan fingerprint density at radius 1 is 0.808 bits per heavy atom. The van der Waals surface area contributed by atoms with E-state index >= 15 is 0 Å². The summed E-state index contributed by atoms with van der Waals surface area (Å²) in [5.74, 6) is 3.97. The van der Waals surface area contributed by atoms with Crippen LogP contribution in [0.25, 0.3) is 0 Å². The number of hydrogen-bond donors (Lipinski definition) is 0. The van der Waals surface area contributed by atoms with Crippen molar-refractivity contribution in [2.75, 3.05) is 6.67 Å². The largest absolute Gasteiger partial charge is 0.251 e. The lowest BCUT2D eigenvalue weighted by atomic mass is 9.72. The van der Waals surface area contributed by atoms with Crippen molar-refractivity contribution in [2.45, 2.75) is 110 Å². The first-order valence-corrected chi connectivity index (χ1v) is 11.8. The third-order valence-electron chi connectivity index (χ3n) is 7.87. The maximum atomic E-state index is 14.9. The first-order chi connectivity index (χ1) is 12.6. The summed E-state index contributed by atoms with van der Waals surface area (Å²) in [6.07, 6.45) is 13.9. The lowest BCUT2D eigenvalue weighted by Crippen LogP contribution is -2.27.